The van der Waals surface area contributed by atoms with E-state index in [4.69, 9.17) is 9.84 Å². The molecule has 0 aliphatic carbocycles. The Morgan fingerprint density at radius 3 is 2.88 bits per heavy atom. The van der Waals surface area contributed by atoms with Crippen molar-refractivity contribution in [2.45, 2.75) is 6.42 Å². The fourth-order valence-corrected chi connectivity index (χ4v) is 1.54. The first-order chi connectivity index (χ1) is 7.67. The van der Waals surface area contributed by atoms with E-state index in [-0.39, 0.29) is 6.42 Å². The zero-order chi connectivity index (χ0) is 12.0. The van der Waals surface area contributed by atoms with Gasteiger partial charge in [-0.3, -0.25) is 4.79 Å². The molecule has 0 bridgehead atoms. The largest absolute Gasteiger partial charge is 0.496 e. The minimum atomic E-state index is -0.859. The van der Waals surface area contributed by atoms with Crippen molar-refractivity contribution in [1.29, 1.82) is 0 Å². The zero-order valence-electron chi connectivity index (χ0n) is 8.94. The van der Waals surface area contributed by atoms with Crippen molar-refractivity contribution >= 4 is 28.0 Å². The molecule has 1 aromatic rings. The van der Waals surface area contributed by atoms with Crippen LogP contribution in [0, 0.1) is 0 Å². The van der Waals surface area contributed by atoms with Crippen molar-refractivity contribution in [2.24, 2.45) is 0 Å². The molecule has 0 heterocycles. The monoisotopic (exact) mass is 284 g/mol. The van der Waals surface area contributed by atoms with Crippen LogP contribution in [0.3, 0.4) is 0 Å². The van der Waals surface area contributed by atoms with Crippen LogP contribution in [0.15, 0.2) is 24.3 Å². The Kier molecular flexibility index (Phi) is 5.05. The van der Waals surface area contributed by atoms with Gasteiger partial charge in [0.2, 0.25) is 0 Å². The molecule has 0 spiro atoms. The molecule has 0 fully saturated rings. The maximum atomic E-state index is 10.6. The first-order valence-electron chi connectivity index (χ1n) is 4.78. The molecule has 86 valence electrons. The van der Waals surface area contributed by atoms with Gasteiger partial charge in [-0.05, 0) is 11.6 Å². The Bertz CT molecular complexity index is 399. The van der Waals surface area contributed by atoms with Gasteiger partial charge in [-0.15, -0.1) is 0 Å². The molecule has 3 nitrogen and oxygen atoms in total. The Balaban J connectivity index is 2.96. The lowest BCUT2D eigenvalue weighted by atomic mass is 10.1. The van der Waals surface area contributed by atoms with Crippen LogP contribution >= 0.6 is 15.9 Å². The molecular formula is C12H13BrO3. The third kappa shape index (κ3) is 3.70. The average molecular weight is 285 g/mol. The molecule has 0 aliphatic rings. The van der Waals surface area contributed by atoms with Gasteiger partial charge >= 0.3 is 5.97 Å². The molecular weight excluding hydrogens is 272 g/mol. The number of aliphatic carboxylic acids is 1. The molecule has 0 amide bonds. The second-order valence-electron chi connectivity index (χ2n) is 3.20. The van der Waals surface area contributed by atoms with Gasteiger partial charge in [0.1, 0.15) is 5.75 Å². The number of ether oxygens (including phenoxy) is 1. The van der Waals surface area contributed by atoms with Gasteiger partial charge in [0.25, 0.3) is 0 Å². The highest BCUT2D eigenvalue weighted by Crippen LogP contribution is 2.21. The molecule has 1 aromatic carbocycles. The topological polar surface area (TPSA) is 46.5 Å². The fraction of sp³-hybridized carbons (Fsp3) is 0.250. The molecule has 1 rings (SSSR count). The number of halogens is 1. The van der Waals surface area contributed by atoms with E-state index in [9.17, 15) is 4.79 Å². The summed E-state index contributed by atoms with van der Waals surface area (Å²) in [5.74, 6) is -0.249. The van der Waals surface area contributed by atoms with Gasteiger partial charge in [-0.1, -0.05) is 40.2 Å². The van der Waals surface area contributed by atoms with Gasteiger partial charge in [0.15, 0.2) is 0 Å². The van der Waals surface area contributed by atoms with Crippen LogP contribution in [-0.4, -0.2) is 23.5 Å². The lowest BCUT2D eigenvalue weighted by Crippen LogP contribution is -2.02. The molecule has 0 aliphatic heterocycles. The Morgan fingerprint density at radius 2 is 2.31 bits per heavy atom. The van der Waals surface area contributed by atoms with E-state index in [1.807, 2.05) is 24.3 Å². The summed E-state index contributed by atoms with van der Waals surface area (Å²) in [6.45, 7) is 0. The van der Waals surface area contributed by atoms with Crippen molar-refractivity contribution in [2.75, 3.05) is 12.4 Å². The number of carboxylic acid groups (broad SMARTS) is 1. The smallest absolute Gasteiger partial charge is 0.307 e. The van der Waals surface area contributed by atoms with Gasteiger partial charge in [-0.25, -0.2) is 0 Å². The maximum absolute atomic E-state index is 10.6. The fourth-order valence-electron chi connectivity index (χ4n) is 1.35. The van der Waals surface area contributed by atoms with E-state index in [2.05, 4.69) is 15.9 Å². The van der Waals surface area contributed by atoms with Crippen molar-refractivity contribution in [3.63, 3.8) is 0 Å². The highest BCUT2D eigenvalue weighted by atomic mass is 79.9. The Labute approximate surface area is 103 Å². The van der Waals surface area contributed by atoms with Crippen molar-refractivity contribution in [1.82, 2.24) is 0 Å². The lowest BCUT2D eigenvalue weighted by Gasteiger charge is -2.07. The summed E-state index contributed by atoms with van der Waals surface area (Å²) >= 11 is 3.29. The quantitative estimate of drug-likeness (QED) is 0.846. The molecule has 0 saturated carbocycles. The Hall–Kier alpha value is -1.29. The van der Waals surface area contributed by atoms with Gasteiger partial charge in [0, 0.05) is 10.9 Å². The predicted octanol–water partition coefficient (Wildman–Crippen LogP) is 2.73. The highest BCUT2D eigenvalue weighted by molar-refractivity contribution is 9.09. The third-order valence-corrected chi connectivity index (χ3v) is 2.43. The summed E-state index contributed by atoms with van der Waals surface area (Å²) < 4.78 is 5.16. The number of hydrogen-bond donors (Lipinski definition) is 1. The highest BCUT2D eigenvalue weighted by Gasteiger charge is 2.07. The molecule has 16 heavy (non-hydrogen) atoms. The van der Waals surface area contributed by atoms with Crippen LogP contribution in [0.25, 0.3) is 6.08 Å². The van der Waals surface area contributed by atoms with E-state index in [1.54, 1.807) is 13.2 Å². The minimum Gasteiger partial charge on any atom is -0.496 e. The summed E-state index contributed by atoms with van der Waals surface area (Å²) in [7, 11) is 1.54. The van der Waals surface area contributed by atoms with Crippen LogP contribution in [0.1, 0.15) is 11.1 Å². The number of benzene rings is 1. The maximum Gasteiger partial charge on any atom is 0.307 e. The number of allylic oxidation sites excluding steroid dienone is 1. The van der Waals surface area contributed by atoms with E-state index >= 15 is 0 Å². The molecule has 0 unspecified atom stereocenters. The zero-order valence-corrected chi connectivity index (χ0v) is 10.5. The second-order valence-corrected chi connectivity index (χ2v) is 3.85. The van der Waals surface area contributed by atoms with E-state index < -0.39 is 5.97 Å². The standard InChI is InChI=1S/C12H13BrO3/c1-16-11-7-9(3-2-6-13)4-5-10(11)8-12(14)15/h2-5,7H,6,8H2,1H3,(H,14,15). The van der Waals surface area contributed by atoms with E-state index in [1.165, 1.54) is 0 Å². The number of alkyl halides is 1. The van der Waals surface area contributed by atoms with Crippen LogP contribution in [0.2, 0.25) is 0 Å². The predicted molar refractivity (Wildman–Crippen MR) is 67.2 cm³/mol. The lowest BCUT2D eigenvalue weighted by molar-refractivity contribution is -0.136. The number of carboxylic acids is 1. The summed E-state index contributed by atoms with van der Waals surface area (Å²) in [6.07, 6.45) is 3.89. The average Bonchev–Trinajstić information content (AvgIpc) is 2.27. The van der Waals surface area contributed by atoms with Gasteiger partial charge in [0.05, 0.1) is 13.5 Å². The minimum absolute atomic E-state index is 0.0222. The van der Waals surface area contributed by atoms with Crippen LogP contribution < -0.4 is 4.74 Å². The summed E-state index contributed by atoms with van der Waals surface area (Å²) in [5, 5.41) is 9.51. The molecule has 0 atom stereocenters. The van der Waals surface area contributed by atoms with Gasteiger partial charge in [-0.2, -0.15) is 0 Å². The molecule has 1 N–H and O–H groups in total. The van der Waals surface area contributed by atoms with Gasteiger partial charge < -0.3 is 9.84 Å². The van der Waals surface area contributed by atoms with Crippen LogP contribution in [0.4, 0.5) is 0 Å². The van der Waals surface area contributed by atoms with Crippen molar-refractivity contribution in [3.05, 3.63) is 35.4 Å². The van der Waals surface area contributed by atoms with Crippen molar-refractivity contribution < 1.29 is 14.6 Å². The summed E-state index contributed by atoms with van der Waals surface area (Å²) in [4.78, 5) is 10.6. The first-order valence-corrected chi connectivity index (χ1v) is 5.90. The first kappa shape index (κ1) is 12.8. The summed E-state index contributed by atoms with van der Waals surface area (Å²) in [6, 6.07) is 5.48. The normalized spacial score (nSPS) is 10.6. The molecule has 0 radical (unpaired) electrons. The molecule has 4 heteroatoms. The third-order valence-electron chi connectivity index (χ3n) is 2.05. The number of rotatable bonds is 5. The van der Waals surface area contributed by atoms with Crippen LogP contribution in [0.5, 0.6) is 5.75 Å². The molecule has 0 saturated heterocycles. The number of carbonyl (C=O) groups is 1. The van der Waals surface area contributed by atoms with E-state index in [0.29, 0.717) is 11.3 Å². The van der Waals surface area contributed by atoms with Crippen molar-refractivity contribution in [3.8, 4) is 5.75 Å². The molecule has 0 aromatic heterocycles. The van der Waals surface area contributed by atoms with E-state index in [0.717, 1.165) is 10.9 Å². The second kappa shape index (κ2) is 6.33. The summed E-state index contributed by atoms with van der Waals surface area (Å²) in [5.41, 5.74) is 1.68. The number of methoxy groups -OCH3 is 1. The van der Waals surface area contributed by atoms with Crippen LogP contribution in [-0.2, 0) is 11.2 Å². The SMILES string of the molecule is COc1cc(C=CCBr)ccc1CC(=O)O. The number of hydrogen-bond acceptors (Lipinski definition) is 2. The Morgan fingerprint density at radius 1 is 1.56 bits per heavy atom.